The quantitative estimate of drug-likeness (QED) is 0.609. The zero-order valence-electron chi connectivity index (χ0n) is 13.4. The smallest absolute Gasteiger partial charge is 0.273 e. The van der Waals surface area contributed by atoms with Crippen LogP contribution in [-0.4, -0.2) is 36.3 Å². The molecule has 7 heteroatoms. The second kappa shape index (κ2) is 7.85. The summed E-state index contributed by atoms with van der Waals surface area (Å²) in [5.41, 5.74) is 7.42. The van der Waals surface area contributed by atoms with Crippen molar-refractivity contribution in [3.05, 3.63) is 35.8 Å². The molecule has 0 bridgehead atoms. The van der Waals surface area contributed by atoms with Crippen LogP contribution in [0.25, 0.3) is 0 Å². The molecular formula is C16H23N5O2. The highest BCUT2D eigenvalue weighted by molar-refractivity contribution is 6.46. The van der Waals surface area contributed by atoms with Gasteiger partial charge in [0.15, 0.2) is 0 Å². The van der Waals surface area contributed by atoms with E-state index in [1.54, 1.807) is 12.3 Å². The molecule has 1 aliphatic heterocycles. The van der Waals surface area contributed by atoms with Crippen LogP contribution in [0.5, 0.6) is 0 Å². The lowest BCUT2D eigenvalue weighted by atomic mass is 10.1. The molecule has 2 rings (SSSR count). The predicted molar refractivity (Wildman–Crippen MR) is 89.3 cm³/mol. The Morgan fingerprint density at radius 1 is 1.57 bits per heavy atom. The summed E-state index contributed by atoms with van der Waals surface area (Å²) in [6, 6.07) is 3.57. The van der Waals surface area contributed by atoms with Gasteiger partial charge in [-0.25, -0.2) is 0 Å². The van der Waals surface area contributed by atoms with E-state index in [1.165, 1.54) is 6.08 Å². The van der Waals surface area contributed by atoms with Gasteiger partial charge >= 0.3 is 0 Å². The number of nitrogens with zero attached hydrogens (tertiary/aromatic N) is 1. The van der Waals surface area contributed by atoms with Crippen molar-refractivity contribution in [1.82, 2.24) is 10.3 Å². The second-order valence-electron chi connectivity index (χ2n) is 5.70. The van der Waals surface area contributed by atoms with Crippen molar-refractivity contribution in [2.45, 2.75) is 20.0 Å². The van der Waals surface area contributed by atoms with Gasteiger partial charge in [-0.05, 0) is 24.1 Å². The Kier molecular flexibility index (Phi) is 5.84. The molecule has 23 heavy (non-hydrogen) atoms. The zero-order valence-corrected chi connectivity index (χ0v) is 13.4. The molecule has 1 aliphatic rings. The summed E-state index contributed by atoms with van der Waals surface area (Å²) in [7, 11) is 0. The van der Waals surface area contributed by atoms with Crippen LogP contribution < -0.4 is 16.4 Å². The van der Waals surface area contributed by atoms with Gasteiger partial charge in [0, 0.05) is 18.8 Å². The molecule has 0 aromatic carbocycles. The largest absolute Gasteiger partial charge is 0.402 e. The SMILES string of the molecule is CC(C)C(N)=CC(=N)C(=O)Nc1ccc([C@H]2CNCCO2)nc1. The van der Waals surface area contributed by atoms with Gasteiger partial charge in [0.2, 0.25) is 0 Å². The molecular weight excluding hydrogens is 294 g/mol. The molecule has 1 amide bonds. The fourth-order valence-electron chi connectivity index (χ4n) is 2.02. The van der Waals surface area contributed by atoms with Crippen LogP contribution in [-0.2, 0) is 9.53 Å². The fraction of sp³-hybridized carbons (Fsp3) is 0.438. The summed E-state index contributed by atoms with van der Waals surface area (Å²) in [4.78, 5) is 16.3. The van der Waals surface area contributed by atoms with Crippen molar-refractivity contribution in [3.8, 4) is 0 Å². The second-order valence-corrected chi connectivity index (χ2v) is 5.70. The number of carbonyl (C=O) groups is 1. The molecule has 0 radical (unpaired) electrons. The first kappa shape index (κ1) is 17.1. The van der Waals surface area contributed by atoms with Crippen LogP contribution in [0, 0.1) is 11.3 Å². The van der Waals surface area contributed by atoms with E-state index in [2.05, 4.69) is 15.6 Å². The fourth-order valence-corrected chi connectivity index (χ4v) is 2.02. The van der Waals surface area contributed by atoms with Crippen LogP contribution in [0.2, 0.25) is 0 Å². The highest BCUT2D eigenvalue weighted by atomic mass is 16.5. The van der Waals surface area contributed by atoms with Gasteiger partial charge in [-0.1, -0.05) is 13.8 Å². The molecule has 1 aromatic heterocycles. The molecule has 1 fully saturated rings. The summed E-state index contributed by atoms with van der Waals surface area (Å²) >= 11 is 0. The van der Waals surface area contributed by atoms with Gasteiger partial charge in [0.25, 0.3) is 5.91 Å². The van der Waals surface area contributed by atoms with Gasteiger partial charge in [0.05, 0.1) is 24.2 Å². The first-order valence-electron chi connectivity index (χ1n) is 7.62. The first-order valence-corrected chi connectivity index (χ1v) is 7.62. The zero-order chi connectivity index (χ0) is 16.8. The summed E-state index contributed by atoms with van der Waals surface area (Å²) in [6.07, 6.45) is 2.87. The van der Waals surface area contributed by atoms with E-state index in [0.717, 1.165) is 18.8 Å². The number of allylic oxidation sites excluding steroid dienone is 1. The molecule has 1 saturated heterocycles. The van der Waals surface area contributed by atoms with Crippen LogP contribution in [0.1, 0.15) is 25.6 Å². The topological polar surface area (TPSA) is 113 Å². The minimum Gasteiger partial charge on any atom is -0.402 e. The number of carbonyl (C=O) groups excluding carboxylic acids is 1. The number of hydrogen-bond acceptors (Lipinski definition) is 6. The van der Waals surface area contributed by atoms with E-state index < -0.39 is 5.91 Å². The number of anilines is 1. The van der Waals surface area contributed by atoms with Gasteiger partial charge in [-0.3, -0.25) is 15.2 Å². The predicted octanol–water partition coefficient (Wildman–Crippen LogP) is 1.20. The van der Waals surface area contributed by atoms with E-state index in [0.29, 0.717) is 18.0 Å². The van der Waals surface area contributed by atoms with Crippen molar-refractivity contribution in [1.29, 1.82) is 5.41 Å². The number of morpholine rings is 1. The lowest BCUT2D eigenvalue weighted by Crippen LogP contribution is -2.33. The maximum Gasteiger partial charge on any atom is 0.273 e. The number of amides is 1. The Morgan fingerprint density at radius 3 is 2.91 bits per heavy atom. The van der Waals surface area contributed by atoms with Gasteiger partial charge in [-0.15, -0.1) is 0 Å². The van der Waals surface area contributed by atoms with E-state index in [4.69, 9.17) is 15.9 Å². The standard InChI is InChI=1S/C16H23N5O2/c1-10(2)12(17)7-13(18)16(22)21-11-3-4-14(20-8-11)15-9-19-5-6-23-15/h3-4,7-8,10,15,18-19H,5-6,9,17H2,1-2H3,(H,21,22)/t15-/m1/s1. The molecule has 1 aromatic rings. The molecule has 7 nitrogen and oxygen atoms in total. The number of hydrogen-bond donors (Lipinski definition) is 4. The summed E-state index contributed by atoms with van der Waals surface area (Å²) in [6.45, 7) is 6.04. The number of aromatic nitrogens is 1. The first-order chi connectivity index (χ1) is 11.0. The lowest BCUT2D eigenvalue weighted by Gasteiger charge is -2.23. The molecule has 0 saturated carbocycles. The minimum atomic E-state index is -0.515. The van der Waals surface area contributed by atoms with Crippen molar-refractivity contribution in [2.24, 2.45) is 11.7 Å². The normalized spacial score (nSPS) is 18.7. The van der Waals surface area contributed by atoms with E-state index in [9.17, 15) is 4.79 Å². The molecule has 2 heterocycles. The summed E-state index contributed by atoms with van der Waals surface area (Å²) in [5.74, 6) is -0.424. The molecule has 0 spiro atoms. The Labute approximate surface area is 135 Å². The molecule has 1 atom stereocenters. The van der Waals surface area contributed by atoms with Crippen LogP contribution in [0.3, 0.4) is 0 Å². The molecule has 0 unspecified atom stereocenters. The summed E-state index contributed by atoms with van der Waals surface area (Å²) in [5, 5.41) is 13.6. The van der Waals surface area contributed by atoms with Gasteiger partial charge < -0.3 is 21.1 Å². The number of nitrogens with two attached hydrogens (primary N) is 1. The average Bonchev–Trinajstić information content (AvgIpc) is 2.56. The Bertz CT molecular complexity index is 589. The van der Waals surface area contributed by atoms with E-state index in [-0.39, 0.29) is 17.7 Å². The number of nitrogens with one attached hydrogen (secondary N) is 3. The van der Waals surface area contributed by atoms with Crippen LogP contribution in [0.4, 0.5) is 5.69 Å². The lowest BCUT2D eigenvalue weighted by molar-refractivity contribution is -0.110. The van der Waals surface area contributed by atoms with Crippen molar-refractivity contribution < 1.29 is 9.53 Å². The third kappa shape index (κ3) is 4.87. The van der Waals surface area contributed by atoms with Crippen molar-refractivity contribution in [2.75, 3.05) is 25.0 Å². The monoisotopic (exact) mass is 317 g/mol. The van der Waals surface area contributed by atoms with Gasteiger partial charge in [-0.2, -0.15) is 0 Å². The Hall–Kier alpha value is -2.25. The highest BCUT2D eigenvalue weighted by Gasteiger charge is 2.17. The Morgan fingerprint density at radius 2 is 2.35 bits per heavy atom. The maximum absolute atomic E-state index is 12.0. The number of ether oxygens (including phenoxy) is 1. The molecule has 0 aliphatic carbocycles. The van der Waals surface area contributed by atoms with Crippen molar-refractivity contribution in [3.63, 3.8) is 0 Å². The van der Waals surface area contributed by atoms with Crippen LogP contribution in [0.15, 0.2) is 30.1 Å². The summed E-state index contributed by atoms with van der Waals surface area (Å²) < 4.78 is 5.62. The maximum atomic E-state index is 12.0. The minimum absolute atomic E-state index is 0.0689. The van der Waals surface area contributed by atoms with Crippen LogP contribution >= 0.6 is 0 Å². The third-order valence-corrected chi connectivity index (χ3v) is 3.52. The molecule has 5 N–H and O–H groups in total. The Balaban J connectivity index is 1.96. The number of pyridine rings is 1. The van der Waals surface area contributed by atoms with E-state index >= 15 is 0 Å². The third-order valence-electron chi connectivity index (χ3n) is 3.52. The number of rotatable bonds is 5. The average molecular weight is 317 g/mol. The highest BCUT2D eigenvalue weighted by Crippen LogP contribution is 2.18. The van der Waals surface area contributed by atoms with Gasteiger partial charge in [0.1, 0.15) is 11.8 Å². The molecule has 124 valence electrons. The van der Waals surface area contributed by atoms with Crippen molar-refractivity contribution >= 4 is 17.3 Å². The van der Waals surface area contributed by atoms with E-state index in [1.807, 2.05) is 19.9 Å².